The van der Waals surface area contributed by atoms with E-state index >= 15 is 0 Å². The van der Waals surface area contributed by atoms with Gasteiger partial charge >= 0.3 is 0 Å². The number of hydrogen-bond acceptors (Lipinski definition) is 5. The van der Waals surface area contributed by atoms with E-state index in [4.69, 9.17) is 5.73 Å². The van der Waals surface area contributed by atoms with E-state index in [1.165, 1.54) is 18.9 Å². The zero-order valence-electron chi connectivity index (χ0n) is 11.1. The zero-order valence-corrected chi connectivity index (χ0v) is 11.1. The van der Waals surface area contributed by atoms with Crippen LogP contribution in [0.3, 0.4) is 0 Å². The number of pyridine rings is 1. The molecule has 6 nitrogen and oxygen atoms in total. The molecule has 2 atom stereocenters. The first-order valence-corrected chi connectivity index (χ1v) is 6.70. The summed E-state index contributed by atoms with van der Waals surface area (Å²) in [5.41, 5.74) is 6.29. The molecule has 1 aromatic heterocycles. The quantitative estimate of drug-likeness (QED) is 0.642. The Kier molecular flexibility index (Phi) is 4.31. The van der Waals surface area contributed by atoms with Crippen LogP contribution in [-0.4, -0.2) is 22.5 Å². The Labute approximate surface area is 112 Å². The fourth-order valence-corrected chi connectivity index (χ4v) is 2.70. The van der Waals surface area contributed by atoms with Gasteiger partial charge in [-0.2, -0.15) is 0 Å². The molecule has 1 aliphatic rings. The predicted octanol–water partition coefficient (Wildman–Crippen LogP) is 2.23. The highest BCUT2D eigenvalue weighted by molar-refractivity contribution is 5.45. The van der Waals surface area contributed by atoms with Crippen LogP contribution in [0.5, 0.6) is 0 Å². The third kappa shape index (κ3) is 3.20. The molecular formula is C13H20N4O2. The number of aromatic nitrogens is 1. The smallest absolute Gasteiger partial charge is 0.290 e. The molecule has 2 rings (SSSR count). The summed E-state index contributed by atoms with van der Waals surface area (Å²) in [6, 6.07) is 3.50. The van der Waals surface area contributed by atoms with Crippen LogP contribution in [0.4, 0.5) is 11.5 Å². The van der Waals surface area contributed by atoms with Gasteiger partial charge in [-0.3, -0.25) is 10.1 Å². The maximum Gasteiger partial charge on any atom is 0.290 e. The van der Waals surface area contributed by atoms with Crippen molar-refractivity contribution in [3.8, 4) is 0 Å². The number of nitro groups is 1. The van der Waals surface area contributed by atoms with Crippen LogP contribution in [-0.2, 0) is 0 Å². The second kappa shape index (κ2) is 5.97. The van der Waals surface area contributed by atoms with Gasteiger partial charge in [0.1, 0.15) is 11.5 Å². The molecule has 19 heavy (non-hydrogen) atoms. The average Bonchev–Trinajstić information content (AvgIpc) is 2.39. The molecule has 2 unspecified atom stereocenters. The molecule has 3 N–H and O–H groups in total. The number of anilines is 1. The monoisotopic (exact) mass is 264 g/mol. The number of nitrogens with zero attached hydrogens (tertiary/aromatic N) is 2. The van der Waals surface area contributed by atoms with Gasteiger partial charge in [0.25, 0.3) is 5.69 Å². The Morgan fingerprint density at radius 3 is 2.84 bits per heavy atom. The molecule has 0 bridgehead atoms. The van der Waals surface area contributed by atoms with Crippen molar-refractivity contribution in [3.63, 3.8) is 0 Å². The first kappa shape index (κ1) is 13.7. The van der Waals surface area contributed by atoms with E-state index in [0.717, 1.165) is 12.8 Å². The minimum atomic E-state index is -0.407. The summed E-state index contributed by atoms with van der Waals surface area (Å²) in [5, 5.41) is 14.1. The molecule has 0 aromatic carbocycles. The Hall–Kier alpha value is -1.69. The Morgan fingerprint density at radius 2 is 2.21 bits per heavy atom. The van der Waals surface area contributed by atoms with Crippen molar-refractivity contribution in [1.29, 1.82) is 0 Å². The van der Waals surface area contributed by atoms with Gasteiger partial charge in [0.15, 0.2) is 0 Å². The van der Waals surface area contributed by atoms with Crippen LogP contribution in [0.2, 0.25) is 0 Å². The molecule has 0 amide bonds. The van der Waals surface area contributed by atoms with Crippen LogP contribution in [0.15, 0.2) is 12.1 Å². The van der Waals surface area contributed by atoms with Crippen molar-refractivity contribution in [1.82, 2.24) is 4.98 Å². The minimum Gasteiger partial charge on any atom is -0.367 e. The summed E-state index contributed by atoms with van der Waals surface area (Å²) in [5.74, 6) is 1.17. The summed E-state index contributed by atoms with van der Waals surface area (Å²) in [6.07, 6.45) is 4.65. The van der Waals surface area contributed by atoms with Crippen molar-refractivity contribution >= 4 is 11.5 Å². The SMILES string of the molecule is Cc1nc(NC2CCCCC2CN)ccc1[N+](=O)[O-]. The lowest BCUT2D eigenvalue weighted by Crippen LogP contribution is -2.36. The molecule has 1 fully saturated rings. The van der Waals surface area contributed by atoms with Gasteiger partial charge in [-0.25, -0.2) is 4.98 Å². The van der Waals surface area contributed by atoms with Crippen LogP contribution in [0.1, 0.15) is 31.4 Å². The molecule has 1 aromatic rings. The first-order chi connectivity index (χ1) is 9.11. The van der Waals surface area contributed by atoms with Gasteiger partial charge in [0, 0.05) is 12.1 Å². The van der Waals surface area contributed by atoms with Crippen molar-refractivity contribution in [2.24, 2.45) is 11.7 Å². The van der Waals surface area contributed by atoms with Crippen molar-refractivity contribution in [3.05, 3.63) is 27.9 Å². The van der Waals surface area contributed by atoms with E-state index < -0.39 is 4.92 Å². The van der Waals surface area contributed by atoms with E-state index in [-0.39, 0.29) is 5.69 Å². The standard InChI is InChI=1S/C13H20N4O2/c1-9-12(17(18)19)6-7-13(15-9)16-11-5-3-2-4-10(11)8-14/h6-7,10-11H,2-5,8,14H2,1H3,(H,15,16). The van der Waals surface area contributed by atoms with Crippen molar-refractivity contribution < 1.29 is 4.92 Å². The Morgan fingerprint density at radius 1 is 1.47 bits per heavy atom. The molecule has 104 valence electrons. The normalized spacial score (nSPS) is 23.1. The van der Waals surface area contributed by atoms with E-state index in [1.54, 1.807) is 13.0 Å². The topological polar surface area (TPSA) is 94.1 Å². The molecule has 0 aliphatic heterocycles. The average molecular weight is 264 g/mol. The molecule has 0 spiro atoms. The third-order valence-corrected chi connectivity index (χ3v) is 3.80. The summed E-state index contributed by atoms with van der Waals surface area (Å²) >= 11 is 0. The van der Waals surface area contributed by atoms with Crippen LogP contribution in [0, 0.1) is 23.0 Å². The van der Waals surface area contributed by atoms with E-state index in [1.807, 2.05) is 0 Å². The first-order valence-electron chi connectivity index (χ1n) is 6.70. The second-order valence-corrected chi connectivity index (χ2v) is 5.09. The Balaban J connectivity index is 2.10. The highest BCUT2D eigenvalue weighted by atomic mass is 16.6. The van der Waals surface area contributed by atoms with Gasteiger partial charge in [-0.05, 0) is 38.3 Å². The summed E-state index contributed by atoms with van der Waals surface area (Å²) in [6.45, 7) is 2.33. The van der Waals surface area contributed by atoms with Crippen LogP contribution >= 0.6 is 0 Å². The molecule has 0 radical (unpaired) electrons. The maximum absolute atomic E-state index is 10.8. The Bertz CT molecular complexity index is 464. The van der Waals surface area contributed by atoms with Gasteiger partial charge < -0.3 is 11.1 Å². The molecular weight excluding hydrogens is 244 g/mol. The fourth-order valence-electron chi connectivity index (χ4n) is 2.70. The molecule has 6 heteroatoms. The highest BCUT2D eigenvalue weighted by Gasteiger charge is 2.24. The van der Waals surface area contributed by atoms with Crippen molar-refractivity contribution in [2.45, 2.75) is 38.6 Å². The number of hydrogen-bond donors (Lipinski definition) is 2. The lowest BCUT2D eigenvalue weighted by molar-refractivity contribution is -0.385. The predicted molar refractivity (Wildman–Crippen MR) is 74.1 cm³/mol. The van der Waals surface area contributed by atoms with Gasteiger partial charge in [0.2, 0.25) is 0 Å². The zero-order chi connectivity index (χ0) is 13.8. The largest absolute Gasteiger partial charge is 0.367 e. The highest BCUT2D eigenvalue weighted by Crippen LogP contribution is 2.27. The third-order valence-electron chi connectivity index (χ3n) is 3.80. The van der Waals surface area contributed by atoms with E-state index in [0.29, 0.717) is 30.0 Å². The molecule has 1 heterocycles. The van der Waals surface area contributed by atoms with E-state index in [9.17, 15) is 10.1 Å². The van der Waals surface area contributed by atoms with Gasteiger partial charge in [-0.1, -0.05) is 12.8 Å². The second-order valence-electron chi connectivity index (χ2n) is 5.09. The number of rotatable bonds is 4. The molecule has 1 saturated carbocycles. The van der Waals surface area contributed by atoms with Crippen LogP contribution in [0.25, 0.3) is 0 Å². The molecule has 0 saturated heterocycles. The lowest BCUT2D eigenvalue weighted by Gasteiger charge is -2.31. The van der Waals surface area contributed by atoms with E-state index in [2.05, 4.69) is 10.3 Å². The number of nitrogens with one attached hydrogen (secondary N) is 1. The number of nitrogens with two attached hydrogens (primary N) is 1. The summed E-state index contributed by atoms with van der Waals surface area (Å²) in [7, 11) is 0. The van der Waals surface area contributed by atoms with Crippen molar-refractivity contribution in [2.75, 3.05) is 11.9 Å². The maximum atomic E-state index is 10.8. The fraction of sp³-hybridized carbons (Fsp3) is 0.615. The minimum absolute atomic E-state index is 0.0598. The summed E-state index contributed by atoms with van der Waals surface area (Å²) < 4.78 is 0. The number of aryl methyl sites for hydroxylation is 1. The lowest BCUT2D eigenvalue weighted by atomic mass is 9.84. The van der Waals surface area contributed by atoms with Gasteiger partial charge in [-0.15, -0.1) is 0 Å². The van der Waals surface area contributed by atoms with Gasteiger partial charge in [0.05, 0.1) is 4.92 Å². The molecule has 1 aliphatic carbocycles. The van der Waals surface area contributed by atoms with Crippen LogP contribution < -0.4 is 11.1 Å². The summed E-state index contributed by atoms with van der Waals surface area (Å²) in [4.78, 5) is 14.6.